The predicted octanol–water partition coefficient (Wildman–Crippen LogP) is 2.58. The minimum absolute atomic E-state index is 0.134. The summed E-state index contributed by atoms with van der Waals surface area (Å²) in [7, 11) is 0. The summed E-state index contributed by atoms with van der Waals surface area (Å²) in [5, 5.41) is 9.51. The van der Waals surface area contributed by atoms with Crippen LogP contribution >= 0.6 is 0 Å². The van der Waals surface area contributed by atoms with Crippen molar-refractivity contribution in [3.8, 4) is 0 Å². The molecule has 3 aliphatic rings. The first-order chi connectivity index (χ1) is 17.3. The van der Waals surface area contributed by atoms with Crippen molar-refractivity contribution in [2.75, 3.05) is 26.2 Å². The van der Waals surface area contributed by atoms with E-state index >= 15 is 0 Å². The van der Waals surface area contributed by atoms with E-state index in [9.17, 15) is 18.8 Å². The Morgan fingerprint density at radius 2 is 1.75 bits per heavy atom. The largest absolute Gasteiger partial charge is 0.343 e. The number of Topliss-reactive ketones (excluding diaryl/α,β-unsaturated/α-hetero) is 1. The fourth-order valence-electron chi connectivity index (χ4n) is 6.45. The summed E-state index contributed by atoms with van der Waals surface area (Å²) in [5.74, 6) is -0.0289. The normalized spacial score (nSPS) is 25.7. The number of piperazine rings is 1. The van der Waals surface area contributed by atoms with Crippen LogP contribution in [0.5, 0.6) is 0 Å². The molecule has 7 nitrogen and oxygen atoms in total. The van der Waals surface area contributed by atoms with Gasteiger partial charge in [-0.05, 0) is 63.1 Å². The third-order valence-electron chi connectivity index (χ3n) is 8.62. The average Bonchev–Trinajstić information content (AvgIpc) is 2.89. The Labute approximate surface area is 214 Å². The molecule has 36 heavy (non-hydrogen) atoms. The van der Waals surface area contributed by atoms with Crippen LogP contribution in [0.1, 0.15) is 64.4 Å². The molecule has 8 heteroatoms. The molecule has 2 aliphatic heterocycles. The Bertz CT molecular complexity index is 923. The van der Waals surface area contributed by atoms with E-state index in [-0.39, 0.29) is 41.3 Å². The minimum Gasteiger partial charge on any atom is -0.343 e. The van der Waals surface area contributed by atoms with Gasteiger partial charge in [0.05, 0.1) is 6.04 Å². The third kappa shape index (κ3) is 6.14. The number of nitrogens with one attached hydrogen (secondary N) is 3. The van der Waals surface area contributed by atoms with E-state index in [0.29, 0.717) is 38.4 Å². The fourth-order valence-corrected chi connectivity index (χ4v) is 6.45. The number of halogens is 1. The second kappa shape index (κ2) is 11.8. The van der Waals surface area contributed by atoms with Crippen LogP contribution in [0, 0.1) is 17.2 Å². The number of amides is 2. The first-order valence-electron chi connectivity index (χ1n) is 13.6. The van der Waals surface area contributed by atoms with Gasteiger partial charge in [0, 0.05) is 44.1 Å². The van der Waals surface area contributed by atoms with Crippen molar-refractivity contribution in [3.05, 3.63) is 35.6 Å². The SMILES string of the molecule is CC(=O)C1(C2CCCCC2)CCN(C(=O)[C@@H](Cc2ccc(F)cc2)NC(=O)C2CNCC(C)N2)CC1. The van der Waals surface area contributed by atoms with Crippen LogP contribution < -0.4 is 16.0 Å². The van der Waals surface area contributed by atoms with Crippen LogP contribution in [-0.4, -0.2) is 66.8 Å². The highest BCUT2D eigenvalue weighted by Gasteiger charge is 2.46. The van der Waals surface area contributed by atoms with E-state index in [1.54, 1.807) is 19.1 Å². The Kier molecular flexibility index (Phi) is 8.78. The van der Waals surface area contributed by atoms with E-state index in [1.807, 2.05) is 11.8 Å². The Balaban J connectivity index is 1.46. The molecule has 2 heterocycles. The first-order valence-corrected chi connectivity index (χ1v) is 13.6. The number of benzene rings is 1. The molecular weight excluding hydrogens is 459 g/mol. The highest BCUT2D eigenvalue weighted by Crippen LogP contribution is 2.46. The number of ketones is 1. The summed E-state index contributed by atoms with van der Waals surface area (Å²) in [5.41, 5.74) is 0.455. The molecule has 3 N–H and O–H groups in total. The lowest BCUT2D eigenvalue weighted by Crippen LogP contribution is -2.62. The maximum atomic E-state index is 13.7. The van der Waals surface area contributed by atoms with Gasteiger partial charge in [0.25, 0.3) is 0 Å². The third-order valence-corrected chi connectivity index (χ3v) is 8.62. The molecule has 0 spiro atoms. The van der Waals surface area contributed by atoms with Gasteiger partial charge < -0.3 is 20.9 Å². The van der Waals surface area contributed by atoms with Gasteiger partial charge in [-0.15, -0.1) is 0 Å². The van der Waals surface area contributed by atoms with Crippen molar-refractivity contribution in [2.24, 2.45) is 11.3 Å². The summed E-state index contributed by atoms with van der Waals surface area (Å²) in [4.78, 5) is 41.5. The zero-order chi connectivity index (χ0) is 25.7. The second-order valence-electron chi connectivity index (χ2n) is 11.0. The number of piperidine rings is 1. The lowest BCUT2D eigenvalue weighted by molar-refractivity contribution is -0.144. The van der Waals surface area contributed by atoms with Crippen LogP contribution in [0.15, 0.2) is 24.3 Å². The van der Waals surface area contributed by atoms with Crippen LogP contribution in [-0.2, 0) is 20.8 Å². The number of carbonyl (C=O) groups excluding carboxylic acids is 3. The van der Waals surface area contributed by atoms with Gasteiger partial charge in [0.1, 0.15) is 17.6 Å². The highest BCUT2D eigenvalue weighted by molar-refractivity contribution is 5.90. The molecule has 1 aromatic rings. The van der Waals surface area contributed by atoms with Gasteiger partial charge in [-0.2, -0.15) is 0 Å². The van der Waals surface area contributed by atoms with Crippen molar-refractivity contribution in [1.82, 2.24) is 20.9 Å². The van der Waals surface area contributed by atoms with E-state index in [4.69, 9.17) is 0 Å². The molecule has 198 valence electrons. The van der Waals surface area contributed by atoms with Crippen molar-refractivity contribution in [2.45, 2.75) is 83.3 Å². The maximum Gasteiger partial charge on any atom is 0.245 e. The number of hydrogen-bond donors (Lipinski definition) is 3. The van der Waals surface area contributed by atoms with Gasteiger partial charge in [0.2, 0.25) is 11.8 Å². The van der Waals surface area contributed by atoms with Crippen LogP contribution in [0.2, 0.25) is 0 Å². The molecule has 3 atom stereocenters. The van der Waals surface area contributed by atoms with Crippen LogP contribution in [0.25, 0.3) is 0 Å². The molecular formula is C28H41FN4O3. The van der Waals surface area contributed by atoms with Crippen molar-refractivity contribution in [1.29, 1.82) is 0 Å². The summed E-state index contributed by atoms with van der Waals surface area (Å²) in [6, 6.07) is 5.05. The topological polar surface area (TPSA) is 90.5 Å². The quantitative estimate of drug-likeness (QED) is 0.536. The molecule has 1 aliphatic carbocycles. The van der Waals surface area contributed by atoms with Crippen LogP contribution in [0.4, 0.5) is 4.39 Å². The predicted molar refractivity (Wildman–Crippen MR) is 137 cm³/mol. The molecule has 2 unspecified atom stereocenters. The molecule has 2 saturated heterocycles. The molecule has 0 radical (unpaired) electrons. The Hall–Kier alpha value is -2.32. The summed E-state index contributed by atoms with van der Waals surface area (Å²) in [6.07, 6.45) is 7.44. The zero-order valence-corrected chi connectivity index (χ0v) is 21.7. The average molecular weight is 501 g/mol. The number of rotatable bonds is 7. The molecule has 2 amide bonds. The fraction of sp³-hybridized carbons (Fsp3) is 0.679. The van der Waals surface area contributed by atoms with Gasteiger partial charge in [-0.25, -0.2) is 4.39 Å². The number of likely N-dealkylation sites (tertiary alicyclic amines) is 1. The summed E-state index contributed by atoms with van der Waals surface area (Å²) >= 11 is 0. The van der Waals surface area contributed by atoms with E-state index in [1.165, 1.54) is 31.4 Å². The van der Waals surface area contributed by atoms with E-state index in [2.05, 4.69) is 16.0 Å². The highest BCUT2D eigenvalue weighted by atomic mass is 19.1. The molecule has 1 aromatic carbocycles. The lowest BCUT2D eigenvalue weighted by atomic mass is 9.62. The van der Waals surface area contributed by atoms with Gasteiger partial charge in [-0.1, -0.05) is 31.4 Å². The monoisotopic (exact) mass is 500 g/mol. The molecule has 4 rings (SSSR count). The van der Waals surface area contributed by atoms with Gasteiger partial charge in [-0.3, -0.25) is 14.4 Å². The number of nitrogens with zero attached hydrogens (tertiary/aromatic N) is 1. The Morgan fingerprint density at radius 3 is 2.36 bits per heavy atom. The number of hydrogen-bond acceptors (Lipinski definition) is 5. The van der Waals surface area contributed by atoms with E-state index in [0.717, 1.165) is 24.9 Å². The molecule has 0 aromatic heterocycles. The lowest BCUT2D eigenvalue weighted by Gasteiger charge is -2.47. The van der Waals surface area contributed by atoms with Crippen molar-refractivity contribution in [3.63, 3.8) is 0 Å². The minimum atomic E-state index is -0.749. The molecule has 3 fully saturated rings. The summed E-state index contributed by atoms with van der Waals surface area (Å²) in [6.45, 7) is 6.05. The Morgan fingerprint density at radius 1 is 1.08 bits per heavy atom. The van der Waals surface area contributed by atoms with Crippen LogP contribution in [0.3, 0.4) is 0 Å². The summed E-state index contributed by atoms with van der Waals surface area (Å²) < 4.78 is 13.5. The van der Waals surface area contributed by atoms with Crippen molar-refractivity contribution >= 4 is 17.6 Å². The number of carbonyl (C=O) groups is 3. The smallest absolute Gasteiger partial charge is 0.245 e. The van der Waals surface area contributed by atoms with Crippen molar-refractivity contribution < 1.29 is 18.8 Å². The van der Waals surface area contributed by atoms with E-state index < -0.39 is 12.1 Å². The van der Waals surface area contributed by atoms with Gasteiger partial charge in [0.15, 0.2) is 0 Å². The standard InChI is InChI=1S/C28H41FN4O3/c1-19-17-30-18-25(31-19)26(35)32-24(16-21-8-10-23(29)11-9-21)27(36)33-14-12-28(13-15-33,20(2)34)22-6-4-3-5-7-22/h8-11,19,22,24-25,30-31H,3-7,12-18H2,1-2H3,(H,32,35)/t19?,24-,25?/m1/s1. The molecule has 1 saturated carbocycles. The molecule has 0 bridgehead atoms. The maximum absolute atomic E-state index is 13.7. The second-order valence-corrected chi connectivity index (χ2v) is 11.0. The zero-order valence-electron chi connectivity index (χ0n) is 21.7. The first kappa shape index (κ1) is 26.7. The van der Waals surface area contributed by atoms with Gasteiger partial charge >= 0.3 is 0 Å².